The van der Waals surface area contributed by atoms with E-state index < -0.39 is 0 Å². The highest BCUT2D eigenvalue weighted by Gasteiger charge is 2.11. The molecule has 0 aliphatic carbocycles. The van der Waals surface area contributed by atoms with Gasteiger partial charge in [-0.25, -0.2) is 23.9 Å². The fourth-order valence-corrected chi connectivity index (χ4v) is 3.95. The lowest BCUT2D eigenvalue weighted by Crippen LogP contribution is -2.32. The van der Waals surface area contributed by atoms with Crippen LogP contribution in [0, 0.1) is 5.82 Å². The normalized spacial score (nSPS) is 10.9. The van der Waals surface area contributed by atoms with E-state index in [1.54, 1.807) is 12.3 Å². The molecule has 3 amide bonds. The highest BCUT2D eigenvalue weighted by Crippen LogP contribution is 2.24. The SMILES string of the molecule is CCN(CC)CCCNC(=O)Nc1cc(Nc2ccc3ccn(C(=O)Nc4ccc(F)cc4)c3c2)ncn1. The van der Waals surface area contributed by atoms with Crippen LogP contribution in [-0.2, 0) is 0 Å². The molecule has 0 saturated carbocycles. The van der Waals surface area contributed by atoms with Crippen molar-refractivity contribution in [1.82, 2.24) is 24.8 Å². The number of carbonyl (C=O) groups is 2. The van der Waals surface area contributed by atoms with E-state index in [1.807, 2.05) is 24.3 Å². The maximum atomic E-state index is 13.2. The summed E-state index contributed by atoms with van der Waals surface area (Å²) in [5, 5.41) is 12.4. The average molecular weight is 519 g/mol. The first-order valence-electron chi connectivity index (χ1n) is 12.5. The van der Waals surface area contributed by atoms with Gasteiger partial charge in [-0.3, -0.25) is 9.88 Å². The van der Waals surface area contributed by atoms with Crippen molar-refractivity contribution in [3.05, 3.63) is 72.9 Å². The van der Waals surface area contributed by atoms with Gasteiger partial charge in [0.1, 0.15) is 23.8 Å². The molecule has 0 bridgehead atoms. The van der Waals surface area contributed by atoms with E-state index in [-0.39, 0.29) is 17.9 Å². The quantitative estimate of drug-likeness (QED) is 0.213. The summed E-state index contributed by atoms with van der Waals surface area (Å²) in [5.41, 5.74) is 1.85. The number of aromatic nitrogens is 3. The van der Waals surface area contributed by atoms with E-state index in [2.05, 4.69) is 50.0 Å². The number of benzene rings is 2. The van der Waals surface area contributed by atoms with E-state index in [4.69, 9.17) is 0 Å². The predicted molar refractivity (Wildman–Crippen MR) is 147 cm³/mol. The largest absolute Gasteiger partial charge is 0.340 e. The number of nitrogens with one attached hydrogen (secondary N) is 4. The van der Waals surface area contributed by atoms with Gasteiger partial charge >= 0.3 is 12.1 Å². The van der Waals surface area contributed by atoms with Crippen molar-refractivity contribution >= 4 is 46.0 Å². The fraction of sp³-hybridized carbons (Fsp3) is 0.259. The van der Waals surface area contributed by atoms with Gasteiger partial charge in [-0.05, 0) is 68.5 Å². The van der Waals surface area contributed by atoms with Crippen LogP contribution in [-0.4, -0.2) is 57.7 Å². The molecular weight excluding hydrogens is 487 g/mol. The minimum absolute atomic E-state index is 0.333. The molecule has 11 heteroatoms. The Balaban J connectivity index is 1.37. The van der Waals surface area contributed by atoms with Crippen LogP contribution >= 0.6 is 0 Å². The Bertz CT molecular complexity index is 1390. The van der Waals surface area contributed by atoms with Crippen LogP contribution in [0.4, 0.5) is 37.0 Å². The molecule has 2 heterocycles. The molecule has 0 aliphatic rings. The Kier molecular flexibility index (Phi) is 8.83. The number of rotatable bonds is 10. The molecule has 2 aromatic carbocycles. The summed E-state index contributed by atoms with van der Waals surface area (Å²) in [6.07, 6.45) is 3.88. The van der Waals surface area contributed by atoms with Crippen LogP contribution in [0.15, 0.2) is 67.1 Å². The summed E-state index contributed by atoms with van der Waals surface area (Å²) in [6.45, 7) is 7.70. The van der Waals surface area contributed by atoms with Crippen LogP contribution in [0.25, 0.3) is 10.9 Å². The number of nitrogens with zero attached hydrogens (tertiary/aromatic N) is 4. The Morgan fingerprint density at radius 3 is 2.42 bits per heavy atom. The zero-order valence-electron chi connectivity index (χ0n) is 21.4. The molecular formula is C27H31FN8O2. The molecule has 2 aromatic heterocycles. The zero-order valence-corrected chi connectivity index (χ0v) is 21.4. The highest BCUT2D eigenvalue weighted by molar-refractivity contribution is 5.99. The molecule has 0 fully saturated rings. The van der Waals surface area contributed by atoms with Crippen molar-refractivity contribution in [2.45, 2.75) is 20.3 Å². The fourth-order valence-electron chi connectivity index (χ4n) is 3.95. The van der Waals surface area contributed by atoms with Gasteiger partial charge in [-0.15, -0.1) is 0 Å². The minimum atomic E-state index is -0.375. The van der Waals surface area contributed by atoms with E-state index in [0.717, 1.165) is 31.4 Å². The van der Waals surface area contributed by atoms with Crippen molar-refractivity contribution in [3.63, 3.8) is 0 Å². The van der Waals surface area contributed by atoms with Gasteiger partial charge in [-0.1, -0.05) is 19.9 Å². The molecule has 0 aliphatic heterocycles. The molecule has 38 heavy (non-hydrogen) atoms. The molecule has 4 aromatic rings. The molecule has 0 atom stereocenters. The van der Waals surface area contributed by atoms with Crippen molar-refractivity contribution in [3.8, 4) is 0 Å². The van der Waals surface area contributed by atoms with Crippen molar-refractivity contribution < 1.29 is 14.0 Å². The Hall–Kier alpha value is -4.51. The van der Waals surface area contributed by atoms with Gasteiger partial charge in [0.25, 0.3) is 0 Å². The van der Waals surface area contributed by atoms with Crippen LogP contribution in [0.3, 0.4) is 0 Å². The topological polar surface area (TPSA) is 116 Å². The van der Waals surface area contributed by atoms with Gasteiger partial charge in [-0.2, -0.15) is 0 Å². The van der Waals surface area contributed by atoms with Gasteiger partial charge in [0, 0.05) is 35.6 Å². The predicted octanol–water partition coefficient (Wildman–Crippen LogP) is 5.25. The van der Waals surface area contributed by atoms with Gasteiger partial charge in [0.15, 0.2) is 0 Å². The maximum absolute atomic E-state index is 13.2. The number of anilines is 4. The maximum Gasteiger partial charge on any atom is 0.330 e. The van der Waals surface area contributed by atoms with Gasteiger partial charge in [0.05, 0.1) is 5.52 Å². The van der Waals surface area contributed by atoms with Crippen LogP contribution in [0.5, 0.6) is 0 Å². The third-order valence-electron chi connectivity index (χ3n) is 6.02. The molecule has 10 nitrogen and oxygen atoms in total. The lowest BCUT2D eigenvalue weighted by atomic mass is 10.2. The molecule has 0 spiro atoms. The summed E-state index contributed by atoms with van der Waals surface area (Å²) < 4.78 is 14.6. The monoisotopic (exact) mass is 518 g/mol. The summed E-state index contributed by atoms with van der Waals surface area (Å²) in [4.78, 5) is 35.7. The lowest BCUT2D eigenvalue weighted by molar-refractivity contribution is 0.250. The smallest absolute Gasteiger partial charge is 0.330 e. The third kappa shape index (κ3) is 7.04. The first-order chi connectivity index (χ1) is 18.4. The number of hydrogen-bond donors (Lipinski definition) is 4. The summed E-state index contributed by atoms with van der Waals surface area (Å²) in [6, 6.07) is 13.9. The second-order valence-corrected chi connectivity index (χ2v) is 8.57. The van der Waals surface area contributed by atoms with Gasteiger partial charge < -0.3 is 20.9 Å². The van der Waals surface area contributed by atoms with E-state index in [0.29, 0.717) is 35.1 Å². The summed E-state index contributed by atoms with van der Waals surface area (Å²) in [5.74, 6) is 0.455. The number of carbonyl (C=O) groups excluding carboxylic acids is 2. The number of halogens is 1. The lowest BCUT2D eigenvalue weighted by Gasteiger charge is -2.17. The van der Waals surface area contributed by atoms with Gasteiger partial charge in [0.2, 0.25) is 0 Å². The zero-order chi connectivity index (χ0) is 26.9. The van der Waals surface area contributed by atoms with Crippen LogP contribution < -0.4 is 21.3 Å². The Labute approximate surface area is 220 Å². The number of urea groups is 1. The van der Waals surface area contributed by atoms with Crippen LogP contribution in [0.1, 0.15) is 20.3 Å². The molecule has 0 radical (unpaired) electrons. The number of hydrogen-bond acceptors (Lipinski definition) is 6. The third-order valence-corrected chi connectivity index (χ3v) is 6.02. The van der Waals surface area contributed by atoms with Crippen LogP contribution in [0.2, 0.25) is 0 Å². The Morgan fingerprint density at radius 2 is 1.66 bits per heavy atom. The van der Waals surface area contributed by atoms with Crippen molar-refractivity contribution in [2.75, 3.05) is 42.1 Å². The first-order valence-corrected chi connectivity index (χ1v) is 12.5. The number of amides is 3. The summed E-state index contributed by atoms with van der Waals surface area (Å²) in [7, 11) is 0. The molecule has 4 N–H and O–H groups in total. The molecule has 4 rings (SSSR count). The van der Waals surface area contributed by atoms with E-state index >= 15 is 0 Å². The van der Waals surface area contributed by atoms with E-state index in [9.17, 15) is 14.0 Å². The first kappa shape index (κ1) is 26.6. The summed E-state index contributed by atoms with van der Waals surface area (Å²) >= 11 is 0. The van der Waals surface area contributed by atoms with Crippen molar-refractivity contribution in [2.24, 2.45) is 0 Å². The molecule has 0 unspecified atom stereocenters. The standard InChI is InChI=1S/C27H31FN8O2/c1-3-35(4-2)14-5-13-29-26(37)34-25-17-24(30-18-31-25)32-22-9-6-19-12-15-36(23(19)16-22)27(38)33-21-10-7-20(28)8-11-21/h6-12,15-18H,3-5,13-14H2,1-2H3,(H,33,38)(H3,29,30,31,32,34,37). The second-order valence-electron chi connectivity index (χ2n) is 8.57. The second kappa shape index (κ2) is 12.6. The number of fused-ring (bicyclic) bond motifs is 1. The highest BCUT2D eigenvalue weighted by atomic mass is 19.1. The average Bonchev–Trinajstić information content (AvgIpc) is 3.34. The molecule has 0 saturated heterocycles. The minimum Gasteiger partial charge on any atom is -0.340 e. The Morgan fingerprint density at radius 1 is 0.921 bits per heavy atom. The molecule has 198 valence electrons. The van der Waals surface area contributed by atoms with Crippen molar-refractivity contribution in [1.29, 1.82) is 0 Å². The van der Waals surface area contributed by atoms with E-state index in [1.165, 1.54) is 35.2 Å².